The average Bonchev–Trinajstić information content (AvgIpc) is 3.14. The molecule has 9 nitrogen and oxygen atoms in total. The summed E-state index contributed by atoms with van der Waals surface area (Å²) in [6, 6.07) is 3.80. The fourth-order valence-electron chi connectivity index (χ4n) is 6.64. The minimum Gasteiger partial charge on any atom is -0.481 e. The van der Waals surface area contributed by atoms with Crippen LogP contribution in [0.5, 0.6) is 11.5 Å². The van der Waals surface area contributed by atoms with Gasteiger partial charge in [-0.1, -0.05) is 12.6 Å². The maximum absolute atomic E-state index is 12.9. The Balaban J connectivity index is 1.36. The van der Waals surface area contributed by atoms with Gasteiger partial charge in [-0.25, -0.2) is 9.59 Å². The van der Waals surface area contributed by atoms with Gasteiger partial charge in [-0.05, 0) is 77.2 Å². The van der Waals surface area contributed by atoms with E-state index in [4.69, 9.17) is 14.2 Å². The highest BCUT2D eigenvalue weighted by molar-refractivity contribution is 5.74. The van der Waals surface area contributed by atoms with Gasteiger partial charge in [0, 0.05) is 31.7 Å². The summed E-state index contributed by atoms with van der Waals surface area (Å²) in [6.45, 7) is 11.0. The molecule has 36 heavy (non-hydrogen) atoms. The van der Waals surface area contributed by atoms with E-state index in [0.29, 0.717) is 24.3 Å². The lowest BCUT2D eigenvalue weighted by molar-refractivity contribution is -0.168. The van der Waals surface area contributed by atoms with Crippen molar-refractivity contribution in [2.24, 2.45) is 0 Å². The predicted molar refractivity (Wildman–Crippen MR) is 133 cm³/mol. The molecular weight excluding hydrogens is 462 g/mol. The van der Waals surface area contributed by atoms with Crippen molar-refractivity contribution in [1.82, 2.24) is 15.1 Å². The van der Waals surface area contributed by atoms with E-state index in [0.717, 1.165) is 36.1 Å². The minimum absolute atomic E-state index is 0.0147. The highest BCUT2D eigenvalue weighted by Gasteiger charge is 2.71. The first-order chi connectivity index (χ1) is 16.9. The van der Waals surface area contributed by atoms with E-state index in [1.165, 1.54) is 4.90 Å². The lowest BCUT2D eigenvalue weighted by Crippen LogP contribution is -2.74. The molecule has 2 aliphatic carbocycles. The first kappa shape index (κ1) is 24.9. The zero-order valence-electron chi connectivity index (χ0n) is 21.8. The Morgan fingerprint density at radius 1 is 1.33 bits per heavy atom. The van der Waals surface area contributed by atoms with Crippen LogP contribution in [0.4, 0.5) is 9.59 Å². The van der Waals surface area contributed by atoms with Crippen molar-refractivity contribution in [1.29, 1.82) is 0 Å². The summed E-state index contributed by atoms with van der Waals surface area (Å²) in [5.74, 6) is 0.901. The lowest BCUT2D eigenvalue weighted by Gasteiger charge is -2.62. The van der Waals surface area contributed by atoms with Crippen LogP contribution in [0.3, 0.4) is 0 Å². The summed E-state index contributed by atoms with van der Waals surface area (Å²) < 4.78 is 17.5. The Morgan fingerprint density at radius 3 is 2.81 bits per heavy atom. The van der Waals surface area contributed by atoms with Gasteiger partial charge in [-0.3, -0.25) is 0 Å². The Kier molecular flexibility index (Phi) is 5.79. The Morgan fingerprint density at radius 2 is 2.08 bits per heavy atom. The predicted octanol–water partition coefficient (Wildman–Crippen LogP) is 2.98. The van der Waals surface area contributed by atoms with Crippen molar-refractivity contribution < 1.29 is 28.9 Å². The maximum atomic E-state index is 12.9. The highest BCUT2D eigenvalue weighted by Crippen LogP contribution is 2.66. The van der Waals surface area contributed by atoms with Crippen LogP contribution in [0.25, 0.3) is 0 Å². The molecule has 5 rings (SSSR count). The number of aliphatic hydroxyl groups is 1. The van der Waals surface area contributed by atoms with E-state index in [1.807, 2.05) is 6.07 Å². The third kappa shape index (κ3) is 3.66. The van der Waals surface area contributed by atoms with Crippen LogP contribution in [-0.2, 0) is 16.6 Å². The third-order valence-corrected chi connectivity index (χ3v) is 8.29. The Bertz CT molecular complexity index is 1110. The highest BCUT2D eigenvalue weighted by atomic mass is 16.6. The van der Waals surface area contributed by atoms with Crippen LogP contribution in [-0.4, -0.2) is 84.2 Å². The van der Waals surface area contributed by atoms with Crippen LogP contribution in [0.15, 0.2) is 24.3 Å². The van der Waals surface area contributed by atoms with Gasteiger partial charge in [0.25, 0.3) is 0 Å². The standard InChI is InChI=1S/C27H37N3O6/c1-16-9-10-27(33)19-15-17-7-8-18(21-20(17)26(27,22(16)35-21)11-13-29(19)5)34-24(32)30(6)14-12-28-23(31)36-25(2,3)4/h7-8,19,22,33H,1,9-15H2,2-6H3,(H,28,31)/t19-,22+,26+,27-/m1/s1. The van der Waals surface area contributed by atoms with Crippen LogP contribution in [0.1, 0.15) is 51.2 Å². The number of nitrogens with one attached hydrogen (secondary N) is 1. The monoisotopic (exact) mass is 499 g/mol. The van der Waals surface area contributed by atoms with E-state index in [9.17, 15) is 14.7 Å². The number of alkyl carbamates (subject to hydrolysis) is 1. The van der Waals surface area contributed by atoms with Gasteiger partial charge in [0.15, 0.2) is 11.5 Å². The molecule has 2 amide bonds. The molecule has 1 aromatic rings. The van der Waals surface area contributed by atoms with Gasteiger partial charge >= 0.3 is 12.2 Å². The van der Waals surface area contributed by atoms with Crippen LogP contribution in [0, 0.1) is 0 Å². The molecule has 0 unspecified atom stereocenters. The van der Waals surface area contributed by atoms with Crippen molar-refractivity contribution in [3.8, 4) is 11.5 Å². The van der Waals surface area contributed by atoms with Crippen molar-refractivity contribution >= 4 is 12.2 Å². The number of likely N-dealkylation sites (tertiary alicyclic amines) is 1. The number of amides is 2. The molecular formula is C27H37N3O6. The molecule has 196 valence electrons. The number of rotatable bonds is 4. The quantitative estimate of drug-likeness (QED) is 0.615. The van der Waals surface area contributed by atoms with Crippen LogP contribution in [0.2, 0.25) is 0 Å². The largest absolute Gasteiger partial charge is 0.481 e. The fourth-order valence-corrected chi connectivity index (χ4v) is 6.64. The summed E-state index contributed by atoms with van der Waals surface area (Å²) in [6.07, 6.45) is 1.41. The molecule has 2 heterocycles. The van der Waals surface area contributed by atoms with Gasteiger partial charge in [0.05, 0.1) is 11.0 Å². The molecule has 2 bridgehead atoms. The Labute approximate surface area is 212 Å². The number of ether oxygens (including phenoxy) is 3. The molecule has 9 heteroatoms. The van der Waals surface area contributed by atoms with Crippen molar-refractivity contribution in [3.63, 3.8) is 0 Å². The molecule has 0 aromatic heterocycles. The summed E-state index contributed by atoms with van der Waals surface area (Å²) in [5, 5.41) is 14.8. The molecule has 4 aliphatic rings. The number of nitrogens with zero attached hydrogens (tertiary/aromatic N) is 2. The second-order valence-electron chi connectivity index (χ2n) is 11.6. The lowest BCUT2D eigenvalue weighted by atomic mass is 9.48. The van der Waals surface area contributed by atoms with Crippen molar-refractivity contribution in [3.05, 3.63) is 35.4 Å². The zero-order valence-corrected chi connectivity index (χ0v) is 21.8. The second kappa shape index (κ2) is 8.38. The molecule has 2 fully saturated rings. The number of carbonyl (C=O) groups is 2. The molecule has 1 saturated heterocycles. The molecule has 1 aromatic carbocycles. The van der Waals surface area contributed by atoms with Gasteiger partial charge in [-0.2, -0.15) is 0 Å². The maximum Gasteiger partial charge on any atom is 0.415 e. The van der Waals surface area contributed by atoms with Crippen LogP contribution < -0.4 is 14.8 Å². The minimum atomic E-state index is -0.920. The zero-order chi connectivity index (χ0) is 26.0. The molecule has 2 N–H and O–H groups in total. The van der Waals surface area contributed by atoms with Crippen LogP contribution >= 0.6 is 0 Å². The van der Waals surface area contributed by atoms with E-state index in [1.54, 1.807) is 33.9 Å². The topological polar surface area (TPSA) is 101 Å². The third-order valence-electron chi connectivity index (χ3n) is 8.29. The van der Waals surface area contributed by atoms with Crippen molar-refractivity contribution in [2.75, 3.05) is 33.7 Å². The first-order valence-corrected chi connectivity index (χ1v) is 12.7. The second-order valence-corrected chi connectivity index (χ2v) is 11.6. The number of piperidine rings is 1. The normalized spacial score (nSPS) is 30.2. The first-order valence-electron chi connectivity index (χ1n) is 12.7. The van der Waals surface area contributed by atoms with E-state index >= 15 is 0 Å². The van der Waals surface area contributed by atoms with Gasteiger partial charge in [0.2, 0.25) is 0 Å². The van der Waals surface area contributed by atoms with E-state index in [-0.39, 0.29) is 25.2 Å². The number of hydrogen-bond donors (Lipinski definition) is 2. The van der Waals surface area contributed by atoms with E-state index in [2.05, 4.69) is 23.8 Å². The summed E-state index contributed by atoms with van der Waals surface area (Å²) in [4.78, 5) is 28.4. The van der Waals surface area contributed by atoms with E-state index < -0.39 is 28.8 Å². The number of benzene rings is 1. The fraction of sp³-hybridized carbons (Fsp3) is 0.630. The Hall–Kier alpha value is -2.78. The SMILES string of the molecule is C=C1CC[C@@]2(O)[C@H]3Cc4ccc(OC(=O)N(C)CCNC(=O)OC(C)(C)C)c5c4[C@@]2(CCN3C)[C@H]1O5. The molecule has 1 spiro atoms. The smallest absolute Gasteiger partial charge is 0.415 e. The van der Waals surface area contributed by atoms with Gasteiger partial charge < -0.3 is 34.4 Å². The van der Waals surface area contributed by atoms with Gasteiger partial charge in [-0.15, -0.1) is 0 Å². The number of hydrogen-bond acceptors (Lipinski definition) is 7. The summed E-state index contributed by atoms with van der Waals surface area (Å²) in [7, 11) is 3.69. The molecule has 2 aliphatic heterocycles. The summed E-state index contributed by atoms with van der Waals surface area (Å²) >= 11 is 0. The molecule has 4 atom stereocenters. The molecule has 0 radical (unpaired) electrons. The van der Waals surface area contributed by atoms with Crippen molar-refractivity contribution in [2.45, 2.75) is 75.2 Å². The van der Waals surface area contributed by atoms with Gasteiger partial charge in [0.1, 0.15) is 11.7 Å². The average molecular weight is 500 g/mol. The summed E-state index contributed by atoms with van der Waals surface area (Å²) in [5.41, 5.74) is 1.02. The number of likely N-dealkylation sites (N-methyl/N-ethyl adjacent to an activating group) is 2. The number of carbonyl (C=O) groups excluding carboxylic acids is 2. The molecule has 1 saturated carbocycles.